The van der Waals surface area contributed by atoms with E-state index in [0.717, 1.165) is 12.8 Å². The first-order valence-electron chi connectivity index (χ1n) is 6.75. The minimum atomic E-state index is -0.497. The fourth-order valence-electron chi connectivity index (χ4n) is 2.18. The van der Waals surface area contributed by atoms with E-state index in [4.69, 9.17) is 5.73 Å². The van der Waals surface area contributed by atoms with Crippen molar-refractivity contribution in [3.8, 4) is 11.8 Å². The van der Waals surface area contributed by atoms with Gasteiger partial charge >= 0.3 is 0 Å². The smallest absolute Gasteiger partial charge is 0.251 e. The summed E-state index contributed by atoms with van der Waals surface area (Å²) in [5.74, 6) is 5.00. The molecule has 0 saturated heterocycles. The van der Waals surface area contributed by atoms with Gasteiger partial charge in [-0.05, 0) is 50.8 Å². The van der Waals surface area contributed by atoms with Crippen LogP contribution in [0.4, 0.5) is 4.39 Å². The lowest BCUT2D eigenvalue weighted by Gasteiger charge is -2.26. The average molecular weight is 274 g/mol. The molecule has 1 saturated carbocycles. The van der Waals surface area contributed by atoms with Crippen molar-refractivity contribution in [1.29, 1.82) is 0 Å². The quantitative estimate of drug-likeness (QED) is 0.829. The van der Waals surface area contributed by atoms with Crippen molar-refractivity contribution < 1.29 is 9.18 Å². The van der Waals surface area contributed by atoms with E-state index in [2.05, 4.69) is 17.2 Å². The third-order valence-corrected chi connectivity index (χ3v) is 3.59. The standard InChI is InChI=1S/C16H19FN2O/c1-16(2,13-7-8-13)19-15(20)12-6-5-11(4-3-9-18)14(17)10-12/h5-6,10,13H,7-9,18H2,1-2H3,(H,19,20). The van der Waals surface area contributed by atoms with E-state index >= 15 is 0 Å². The van der Waals surface area contributed by atoms with Crippen LogP contribution in [0.1, 0.15) is 42.6 Å². The van der Waals surface area contributed by atoms with Crippen LogP contribution in [0.5, 0.6) is 0 Å². The molecule has 0 unspecified atom stereocenters. The van der Waals surface area contributed by atoms with Crippen molar-refractivity contribution in [2.24, 2.45) is 11.7 Å². The van der Waals surface area contributed by atoms with Gasteiger partial charge in [0.15, 0.2) is 0 Å². The van der Waals surface area contributed by atoms with Crippen LogP contribution < -0.4 is 11.1 Å². The van der Waals surface area contributed by atoms with E-state index in [1.165, 1.54) is 12.1 Å². The summed E-state index contributed by atoms with van der Waals surface area (Å²) < 4.78 is 13.8. The first-order chi connectivity index (χ1) is 9.44. The Bertz CT molecular complexity index is 580. The Kier molecular flexibility index (Phi) is 4.10. The summed E-state index contributed by atoms with van der Waals surface area (Å²) in [6, 6.07) is 4.32. The number of nitrogens with one attached hydrogen (secondary N) is 1. The number of rotatable bonds is 3. The summed E-state index contributed by atoms with van der Waals surface area (Å²) in [4.78, 5) is 12.1. The van der Waals surface area contributed by atoms with Crippen LogP contribution in [0, 0.1) is 23.6 Å². The molecule has 1 aromatic rings. The normalized spacial score (nSPS) is 14.4. The van der Waals surface area contributed by atoms with Gasteiger partial charge in [-0.15, -0.1) is 0 Å². The lowest BCUT2D eigenvalue weighted by atomic mass is 9.98. The maximum atomic E-state index is 13.8. The molecule has 0 aromatic heterocycles. The number of carbonyl (C=O) groups is 1. The van der Waals surface area contributed by atoms with Gasteiger partial charge in [0.05, 0.1) is 12.1 Å². The molecular weight excluding hydrogens is 255 g/mol. The van der Waals surface area contributed by atoms with Crippen LogP contribution >= 0.6 is 0 Å². The summed E-state index contributed by atoms with van der Waals surface area (Å²) >= 11 is 0. The topological polar surface area (TPSA) is 55.1 Å². The average Bonchev–Trinajstić information content (AvgIpc) is 3.21. The minimum Gasteiger partial charge on any atom is -0.347 e. The highest BCUT2D eigenvalue weighted by Crippen LogP contribution is 2.39. The molecule has 0 spiro atoms. The Balaban J connectivity index is 2.12. The number of nitrogens with two attached hydrogens (primary N) is 1. The molecule has 0 radical (unpaired) electrons. The van der Waals surface area contributed by atoms with Gasteiger partial charge in [-0.2, -0.15) is 0 Å². The zero-order chi connectivity index (χ0) is 14.8. The second kappa shape index (κ2) is 5.64. The van der Waals surface area contributed by atoms with Crippen LogP contribution in [0.3, 0.4) is 0 Å². The van der Waals surface area contributed by atoms with Gasteiger partial charge in [0.2, 0.25) is 0 Å². The number of hydrogen-bond acceptors (Lipinski definition) is 2. The molecule has 0 atom stereocenters. The van der Waals surface area contributed by atoms with Crippen molar-refractivity contribution >= 4 is 5.91 Å². The Morgan fingerprint density at radius 2 is 2.20 bits per heavy atom. The van der Waals surface area contributed by atoms with E-state index in [1.54, 1.807) is 6.07 Å². The van der Waals surface area contributed by atoms with Crippen molar-refractivity contribution in [1.82, 2.24) is 5.32 Å². The molecule has 0 bridgehead atoms. The van der Waals surface area contributed by atoms with Gasteiger partial charge in [0.1, 0.15) is 5.82 Å². The second-order valence-electron chi connectivity index (χ2n) is 5.65. The van der Waals surface area contributed by atoms with Gasteiger partial charge in [-0.3, -0.25) is 4.79 Å². The Labute approximate surface area is 118 Å². The Morgan fingerprint density at radius 1 is 1.50 bits per heavy atom. The number of amides is 1. The van der Waals surface area contributed by atoms with Gasteiger partial charge in [0, 0.05) is 11.1 Å². The zero-order valence-electron chi connectivity index (χ0n) is 11.8. The number of hydrogen-bond donors (Lipinski definition) is 2. The minimum absolute atomic E-state index is 0.178. The molecule has 1 amide bonds. The highest BCUT2D eigenvalue weighted by atomic mass is 19.1. The molecule has 3 nitrogen and oxygen atoms in total. The van der Waals surface area contributed by atoms with Gasteiger partial charge in [-0.25, -0.2) is 4.39 Å². The maximum Gasteiger partial charge on any atom is 0.251 e. The second-order valence-corrected chi connectivity index (χ2v) is 5.65. The highest BCUT2D eigenvalue weighted by Gasteiger charge is 2.38. The van der Waals surface area contributed by atoms with Crippen molar-refractivity contribution in [3.05, 3.63) is 35.1 Å². The maximum absolute atomic E-state index is 13.8. The van der Waals surface area contributed by atoms with Gasteiger partial charge in [-0.1, -0.05) is 11.8 Å². The van der Waals surface area contributed by atoms with Crippen LogP contribution in [0.25, 0.3) is 0 Å². The Hall–Kier alpha value is -1.86. The van der Waals surface area contributed by atoms with Gasteiger partial charge in [0.25, 0.3) is 5.91 Å². The largest absolute Gasteiger partial charge is 0.347 e. The van der Waals surface area contributed by atoms with Crippen molar-refractivity contribution in [2.45, 2.75) is 32.2 Å². The van der Waals surface area contributed by atoms with Crippen LogP contribution in [0.2, 0.25) is 0 Å². The summed E-state index contributed by atoms with van der Waals surface area (Å²) in [5.41, 5.74) is 5.58. The fourth-order valence-corrected chi connectivity index (χ4v) is 2.18. The molecule has 1 fully saturated rings. The molecule has 106 valence electrons. The molecule has 2 rings (SSSR count). The van der Waals surface area contributed by atoms with E-state index in [9.17, 15) is 9.18 Å². The number of halogens is 1. The number of carbonyl (C=O) groups excluding carboxylic acids is 1. The number of benzene rings is 1. The molecule has 1 aliphatic carbocycles. The third kappa shape index (κ3) is 3.37. The van der Waals surface area contributed by atoms with E-state index in [0.29, 0.717) is 11.5 Å². The molecule has 20 heavy (non-hydrogen) atoms. The lowest BCUT2D eigenvalue weighted by Crippen LogP contribution is -2.45. The Morgan fingerprint density at radius 3 is 2.75 bits per heavy atom. The molecular formula is C16H19FN2O. The fraction of sp³-hybridized carbons (Fsp3) is 0.438. The van der Waals surface area contributed by atoms with Crippen molar-refractivity contribution in [3.63, 3.8) is 0 Å². The summed E-state index contributed by atoms with van der Waals surface area (Å²) in [6.45, 7) is 4.18. The van der Waals surface area contributed by atoms with Gasteiger partial charge < -0.3 is 11.1 Å². The molecule has 4 heteroatoms. The summed E-state index contributed by atoms with van der Waals surface area (Å²) in [6.07, 6.45) is 2.27. The van der Waals surface area contributed by atoms with Crippen molar-refractivity contribution in [2.75, 3.05) is 6.54 Å². The van der Waals surface area contributed by atoms with E-state index in [1.807, 2.05) is 13.8 Å². The highest BCUT2D eigenvalue weighted by molar-refractivity contribution is 5.94. The third-order valence-electron chi connectivity index (χ3n) is 3.59. The molecule has 1 aromatic carbocycles. The van der Waals surface area contributed by atoms with Crippen LogP contribution in [0.15, 0.2) is 18.2 Å². The van der Waals surface area contributed by atoms with E-state index < -0.39 is 5.82 Å². The SMILES string of the molecule is CC(C)(NC(=O)c1ccc(C#CCN)c(F)c1)C1CC1. The zero-order valence-corrected chi connectivity index (χ0v) is 11.8. The monoisotopic (exact) mass is 274 g/mol. The molecule has 3 N–H and O–H groups in total. The molecule has 0 aliphatic heterocycles. The first-order valence-corrected chi connectivity index (χ1v) is 6.75. The lowest BCUT2D eigenvalue weighted by molar-refractivity contribution is 0.0903. The van der Waals surface area contributed by atoms with Crippen LogP contribution in [-0.4, -0.2) is 18.0 Å². The predicted molar refractivity (Wildman–Crippen MR) is 76.6 cm³/mol. The molecule has 1 aliphatic rings. The molecule has 0 heterocycles. The summed E-state index contributed by atoms with van der Waals surface area (Å²) in [5, 5.41) is 2.96. The first kappa shape index (κ1) is 14.5. The predicted octanol–water partition coefficient (Wildman–Crippen LogP) is 2.05. The van der Waals surface area contributed by atoms with E-state index in [-0.39, 0.29) is 23.6 Å². The summed E-state index contributed by atoms with van der Waals surface area (Å²) in [7, 11) is 0. The van der Waals surface area contributed by atoms with Crippen LogP contribution in [-0.2, 0) is 0 Å².